The number of carboxylic acid groups (broad SMARTS) is 1. The van der Waals surface area contributed by atoms with Crippen molar-refractivity contribution >= 4 is 11.9 Å². The van der Waals surface area contributed by atoms with Crippen LogP contribution in [-0.2, 0) is 4.79 Å². The van der Waals surface area contributed by atoms with Gasteiger partial charge >= 0.3 is 5.97 Å². The van der Waals surface area contributed by atoms with Gasteiger partial charge in [0.05, 0.1) is 11.0 Å². The van der Waals surface area contributed by atoms with Crippen LogP contribution in [-0.4, -0.2) is 49.1 Å². The predicted molar refractivity (Wildman–Crippen MR) is 168 cm³/mol. The molecule has 1 amide bonds. The maximum absolute atomic E-state index is 13.8. The van der Waals surface area contributed by atoms with Gasteiger partial charge < -0.3 is 15.3 Å². The lowest BCUT2D eigenvalue weighted by molar-refractivity contribution is -0.200. The molecule has 9 atom stereocenters. The van der Waals surface area contributed by atoms with Crippen LogP contribution in [0.1, 0.15) is 120 Å². The fourth-order valence-electron chi connectivity index (χ4n) is 12.6. The van der Waals surface area contributed by atoms with E-state index in [1.807, 2.05) is 0 Å². The molecule has 232 valence electrons. The summed E-state index contributed by atoms with van der Waals surface area (Å²) < 4.78 is 0. The van der Waals surface area contributed by atoms with E-state index in [4.69, 9.17) is 0 Å². The summed E-state index contributed by atoms with van der Waals surface area (Å²) in [6, 6.07) is 7.78. The average molecular weight is 577 g/mol. The van der Waals surface area contributed by atoms with Gasteiger partial charge in [-0.2, -0.15) is 0 Å². The summed E-state index contributed by atoms with van der Waals surface area (Å²) in [5.74, 6) is 3.45. The van der Waals surface area contributed by atoms with Crippen molar-refractivity contribution in [2.24, 2.45) is 51.2 Å². The number of carbonyl (C=O) groups excluding carboxylic acids is 1. The molecule has 5 nitrogen and oxygen atoms in total. The van der Waals surface area contributed by atoms with Crippen LogP contribution in [0, 0.1) is 51.2 Å². The zero-order valence-electron chi connectivity index (χ0n) is 27.2. The fourth-order valence-corrected chi connectivity index (χ4v) is 12.6. The van der Waals surface area contributed by atoms with E-state index in [9.17, 15) is 14.7 Å². The molecule has 5 heteroatoms. The summed E-state index contributed by atoms with van der Waals surface area (Å²) in [7, 11) is 4.16. The van der Waals surface area contributed by atoms with Crippen molar-refractivity contribution in [3.8, 4) is 0 Å². The first kappa shape index (κ1) is 30.2. The van der Waals surface area contributed by atoms with Gasteiger partial charge in [0.15, 0.2) is 0 Å². The number of nitrogens with one attached hydrogen (secondary N) is 1. The quantitative estimate of drug-likeness (QED) is 0.366. The lowest BCUT2D eigenvalue weighted by Crippen LogP contribution is -2.62. The summed E-state index contributed by atoms with van der Waals surface area (Å²) in [4.78, 5) is 27.4. The highest BCUT2D eigenvalue weighted by Gasteiger charge is 2.67. The highest BCUT2D eigenvalue weighted by atomic mass is 16.4. The van der Waals surface area contributed by atoms with Gasteiger partial charge in [0.1, 0.15) is 0 Å². The van der Waals surface area contributed by atoms with Crippen LogP contribution in [0.2, 0.25) is 0 Å². The monoisotopic (exact) mass is 576 g/mol. The van der Waals surface area contributed by atoms with Crippen LogP contribution in [0.15, 0.2) is 24.3 Å². The van der Waals surface area contributed by atoms with Gasteiger partial charge in [0.25, 0.3) is 0 Å². The third-order valence-corrected chi connectivity index (χ3v) is 14.4. The zero-order chi connectivity index (χ0) is 30.1. The van der Waals surface area contributed by atoms with E-state index in [1.54, 1.807) is 12.1 Å². The molecule has 1 aromatic rings. The van der Waals surface area contributed by atoms with Gasteiger partial charge in [-0.1, -0.05) is 46.2 Å². The average Bonchev–Trinajstić information content (AvgIpc) is 3.38. The van der Waals surface area contributed by atoms with Crippen LogP contribution in [0.25, 0.3) is 0 Å². The Hall–Kier alpha value is -1.88. The number of hydrogen-bond donors (Lipinski definition) is 2. The number of hydrogen-bond acceptors (Lipinski definition) is 3. The molecule has 0 heterocycles. The van der Waals surface area contributed by atoms with Crippen LogP contribution in [0.5, 0.6) is 0 Å². The Kier molecular flexibility index (Phi) is 7.63. The maximum atomic E-state index is 13.8. The van der Waals surface area contributed by atoms with Gasteiger partial charge in [0, 0.05) is 13.1 Å². The van der Waals surface area contributed by atoms with Gasteiger partial charge in [-0.25, -0.2) is 4.79 Å². The fraction of sp³-hybridized carbons (Fsp3) is 0.784. The third kappa shape index (κ3) is 4.49. The van der Waals surface area contributed by atoms with Crippen molar-refractivity contribution in [2.45, 2.75) is 104 Å². The molecule has 0 saturated heterocycles. The van der Waals surface area contributed by atoms with Crippen molar-refractivity contribution < 1.29 is 14.7 Å². The molecule has 1 aromatic carbocycles. The van der Waals surface area contributed by atoms with E-state index in [-0.39, 0.29) is 10.8 Å². The highest BCUT2D eigenvalue weighted by Crippen LogP contribution is 2.74. The second kappa shape index (κ2) is 10.6. The molecule has 5 aliphatic carbocycles. The van der Waals surface area contributed by atoms with E-state index in [0.717, 1.165) is 37.8 Å². The Morgan fingerprint density at radius 1 is 0.833 bits per heavy atom. The number of fused-ring (bicyclic) bond motifs is 7. The minimum Gasteiger partial charge on any atom is -0.478 e. The minimum atomic E-state index is -0.846. The van der Waals surface area contributed by atoms with Crippen LogP contribution in [0.3, 0.4) is 0 Å². The lowest BCUT2D eigenvalue weighted by Gasteiger charge is -2.69. The van der Waals surface area contributed by atoms with Gasteiger partial charge in [-0.05, 0) is 148 Å². The number of rotatable bonds is 6. The summed E-state index contributed by atoms with van der Waals surface area (Å²) in [6.07, 6.45) is 13.6. The molecule has 5 aliphatic rings. The number of aromatic carboxylic acids is 1. The molecule has 2 N–H and O–H groups in total. The standard InChI is InChI=1S/C37H56N2O3/c1-34(2)27(24-9-11-25(12-10-24)32(40)41)15-19-36(4)30(34)17-20-35(3)28-16-21-37(33(42)38-22-23-39(5)6)18-7-8-29(37)26(28)13-14-31(35)36/h9-12,26-31H,7-8,13-23H2,1-6H3,(H,38,42)(H,40,41)/t26?,27?,28?,29-,30?,31+,35?,36?,37?/m1/s1. The number of carbonyl (C=O) groups is 2. The van der Waals surface area contributed by atoms with E-state index in [1.165, 1.54) is 63.4 Å². The second-order valence-electron chi connectivity index (χ2n) is 16.6. The summed E-state index contributed by atoms with van der Waals surface area (Å²) >= 11 is 0. The molecule has 0 aliphatic heterocycles. The van der Waals surface area contributed by atoms with Crippen LogP contribution in [0.4, 0.5) is 0 Å². The number of nitrogens with zero attached hydrogens (tertiary/aromatic N) is 1. The Bertz CT molecular complexity index is 1190. The first-order valence-electron chi connectivity index (χ1n) is 17.1. The number of likely N-dealkylation sites (N-methyl/N-ethyl adjacent to an activating group) is 1. The van der Waals surface area contributed by atoms with Crippen molar-refractivity contribution in [1.29, 1.82) is 0 Å². The normalized spacial score (nSPS) is 42.2. The van der Waals surface area contributed by atoms with Crippen molar-refractivity contribution in [2.75, 3.05) is 27.2 Å². The molecule has 5 saturated carbocycles. The molecule has 0 radical (unpaired) electrons. The summed E-state index contributed by atoms with van der Waals surface area (Å²) in [5.41, 5.74) is 2.47. The van der Waals surface area contributed by atoms with Gasteiger partial charge in [-0.3, -0.25) is 4.79 Å². The Morgan fingerprint density at radius 2 is 1.55 bits per heavy atom. The van der Waals surface area contributed by atoms with E-state index in [2.05, 4.69) is 64.1 Å². The van der Waals surface area contributed by atoms with Gasteiger partial charge in [0.2, 0.25) is 5.91 Å². The molecule has 5 fully saturated rings. The molecule has 0 aromatic heterocycles. The molecule has 7 unspecified atom stereocenters. The van der Waals surface area contributed by atoms with Crippen molar-refractivity contribution in [1.82, 2.24) is 10.2 Å². The summed E-state index contributed by atoms with van der Waals surface area (Å²) in [6.45, 7) is 12.0. The zero-order valence-corrected chi connectivity index (χ0v) is 27.2. The Balaban J connectivity index is 1.22. The maximum Gasteiger partial charge on any atom is 0.335 e. The molecule has 0 bridgehead atoms. The topological polar surface area (TPSA) is 69.6 Å². The minimum absolute atomic E-state index is 0.117. The third-order valence-electron chi connectivity index (χ3n) is 14.4. The van der Waals surface area contributed by atoms with E-state index in [0.29, 0.717) is 46.0 Å². The molecular formula is C37H56N2O3. The molecule has 6 rings (SSSR count). The first-order valence-corrected chi connectivity index (χ1v) is 17.1. The Morgan fingerprint density at radius 3 is 2.24 bits per heavy atom. The van der Waals surface area contributed by atoms with Crippen molar-refractivity contribution in [3.05, 3.63) is 35.4 Å². The van der Waals surface area contributed by atoms with E-state index >= 15 is 0 Å². The first-order chi connectivity index (χ1) is 19.8. The lowest BCUT2D eigenvalue weighted by atomic mass is 9.35. The predicted octanol–water partition coefficient (Wildman–Crippen LogP) is 7.61. The number of carboxylic acids is 1. The number of benzene rings is 1. The second-order valence-corrected chi connectivity index (χ2v) is 16.6. The van der Waals surface area contributed by atoms with Crippen LogP contribution >= 0.6 is 0 Å². The van der Waals surface area contributed by atoms with E-state index < -0.39 is 5.97 Å². The molecule has 0 spiro atoms. The molecule has 42 heavy (non-hydrogen) atoms. The smallest absolute Gasteiger partial charge is 0.335 e. The van der Waals surface area contributed by atoms with Crippen molar-refractivity contribution in [3.63, 3.8) is 0 Å². The van der Waals surface area contributed by atoms with Gasteiger partial charge in [-0.15, -0.1) is 0 Å². The molecular weight excluding hydrogens is 520 g/mol. The largest absolute Gasteiger partial charge is 0.478 e. The van der Waals surface area contributed by atoms with Crippen LogP contribution < -0.4 is 5.32 Å². The SMILES string of the molecule is CN(C)CCNC(=O)C12CCC[C@@H]1C1CC[C@H]3C(C)(CCC4C(C)(C)C(c5ccc(C(=O)O)cc5)CCC43C)C1CC2. The Labute approximate surface area is 254 Å². The number of amides is 1. The highest BCUT2D eigenvalue weighted by molar-refractivity contribution is 5.87. The summed E-state index contributed by atoms with van der Waals surface area (Å²) in [5, 5.41) is 12.8.